The molecule has 0 aliphatic rings. The molecular weight excluding hydrogens is 278 g/mol. The lowest BCUT2D eigenvalue weighted by molar-refractivity contribution is -0.145. The Labute approximate surface area is 137 Å². The smallest absolute Gasteiger partial charge is 0.305 e. The minimum Gasteiger partial charge on any atom is -0.465 e. The molecule has 4 heteroatoms. The molecule has 1 unspecified atom stereocenters. The third kappa shape index (κ3) is 14.3. The van der Waals surface area contributed by atoms with E-state index in [0.717, 1.165) is 19.3 Å². The molecule has 0 radical (unpaired) electrons. The van der Waals surface area contributed by atoms with Crippen molar-refractivity contribution < 1.29 is 14.4 Å². The summed E-state index contributed by atoms with van der Waals surface area (Å²) in [5.41, 5.74) is 0. The summed E-state index contributed by atoms with van der Waals surface area (Å²) in [5, 5.41) is 0. The van der Waals surface area contributed by atoms with Crippen molar-refractivity contribution in [3.05, 3.63) is 0 Å². The Morgan fingerprint density at radius 1 is 0.909 bits per heavy atom. The van der Waals surface area contributed by atoms with Crippen LogP contribution in [0.1, 0.15) is 90.9 Å². The fourth-order valence-corrected chi connectivity index (χ4v) is 2.58. The Hall–Kier alpha value is -0.610. The average molecular weight is 315 g/mol. The maximum absolute atomic E-state index is 11.8. The molecular formula is C18H37NO3. The van der Waals surface area contributed by atoms with E-state index in [0.29, 0.717) is 25.6 Å². The van der Waals surface area contributed by atoms with Crippen LogP contribution in [0.25, 0.3) is 0 Å². The number of rotatable bonds is 16. The standard InChI is InChI=1S/C18H37NO3/c1-3-5-7-9-13-17(12-6-4-2)16-21-18(20)14-10-8-11-15-22-19/h17H,3-16,19H2,1-2H3. The van der Waals surface area contributed by atoms with Gasteiger partial charge < -0.3 is 9.57 Å². The summed E-state index contributed by atoms with van der Waals surface area (Å²) >= 11 is 0. The fraction of sp³-hybridized carbons (Fsp3) is 0.944. The second-order valence-corrected chi connectivity index (χ2v) is 6.22. The number of hydrogen-bond donors (Lipinski definition) is 1. The summed E-state index contributed by atoms with van der Waals surface area (Å²) in [6.07, 6.45) is 13.2. The summed E-state index contributed by atoms with van der Waals surface area (Å²) in [6.45, 7) is 5.62. The number of nitrogens with two attached hydrogens (primary N) is 1. The Kier molecular flexibility index (Phi) is 16.3. The van der Waals surface area contributed by atoms with Crippen molar-refractivity contribution in [3.8, 4) is 0 Å². The van der Waals surface area contributed by atoms with Crippen molar-refractivity contribution in [1.82, 2.24) is 0 Å². The minimum atomic E-state index is -0.0521. The van der Waals surface area contributed by atoms with E-state index < -0.39 is 0 Å². The number of carbonyl (C=O) groups is 1. The first-order valence-electron chi connectivity index (χ1n) is 9.21. The van der Waals surface area contributed by atoms with Crippen molar-refractivity contribution in [3.63, 3.8) is 0 Å². The Morgan fingerprint density at radius 3 is 2.27 bits per heavy atom. The van der Waals surface area contributed by atoms with Gasteiger partial charge in [0.15, 0.2) is 0 Å². The highest BCUT2D eigenvalue weighted by atomic mass is 16.6. The van der Waals surface area contributed by atoms with Crippen LogP contribution in [0.15, 0.2) is 0 Å². The molecule has 0 saturated carbocycles. The number of unbranched alkanes of at least 4 members (excludes halogenated alkanes) is 6. The van der Waals surface area contributed by atoms with Crippen molar-refractivity contribution >= 4 is 5.97 Å². The van der Waals surface area contributed by atoms with Crippen LogP contribution in [0.4, 0.5) is 0 Å². The predicted octanol–water partition coefficient (Wildman–Crippen LogP) is 4.76. The quantitative estimate of drug-likeness (QED) is 0.253. The monoisotopic (exact) mass is 315 g/mol. The van der Waals surface area contributed by atoms with Crippen LogP contribution in [-0.2, 0) is 14.4 Å². The van der Waals surface area contributed by atoms with Gasteiger partial charge in [-0.3, -0.25) is 4.79 Å². The molecule has 132 valence electrons. The summed E-state index contributed by atoms with van der Waals surface area (Å²) in [7, 11) is 0. The van der Waals surface area contributed by atoms with Gasteiger partial charge in [-0.1, -0.05) is 58.8 Å². The molecule has 2 N–H and O–H groups in total. The molecule has 0 aliphatic carbocycles. The predicted molar refractivity (Wildman–Crippen MR) is 91.3 cm³/mol. The van der Waals surface area contributed by atoms with Gasteiger partial charge in [0, 0.05) is 6.42 Å². The van der Waals surface area contributed by atoms with Crippen LogP contribution >= 0.6 is 0 Å². The summed E-state index contributed by atoms with van der Waals surface area (Å²) < 4.78 is 5.47. The van der Waals surface area contributed by atoms with Gasteiger partial charge in [0.25, 0.3) is 0 Å². The molecule has 0 spiro atoms. The van der Waals surface area contributed by atoms with E-state index in [1.807, 2.05) is 0 Å². The Morgan fingerprint density at radius 2 is 1.59 bits per heavy atom. The summed E-state index contributed by atoms with van der Waals surface area (Å²) in [4.78, 5) is 16.3. The van der Waals surface area contributed by atoms with Gasteiger partial charge in [-0.05, 0) is 31.6 Å². The van der Waals surface area contributed by atoms with E-state index in [4.69, 9.17) is 10.6 Å². The first-order valence-corrected chi connectivity index (χ1v) is 9.21. The molecule has 0 saturated heterocycles. The zero-order valence-corrected chi connectivity index (χ0v) is 14.8. The number of ether oxygens (including phenoxy) is 1. The van der Waals surface area contributed by atoms with E-state index >= 15 is 0 Å². The molecule has 0 heterocycles. The summed E-state index contributed by atoms with van der Waals surface area (Å²) in [6, 6.07) is 0. The molecule has 0 bridgehead atoms. The highest BCUT2D eigenvalue weighted by molar-refractivity contribution is 5.69. The van der Waals surface area contributed by atoms with E-state index in [9.17, 15) is 4.79 Å². The molecule has 4 nitrogen and oxygen atoms in total. The molecule has 1 atom stereocenters. The van der Waals surface area contributed by atoms with E-state index in [2.05, 4.69) is 18.7 Å². The van der Waals surface area contributed by atoms with Crippen LogP contribution < -0.4 is 5.90 Å². The lowest BCUT2D eigenvalue weighted by Gasteiger charge is -2.16. The first-order chi connectivity index (χ1) is 10.7. The van der Waals surface area contributed by atoms with Crippen LogP contribution in [0.2, 0.25) is 0 Å². The van der Waals surface area contributed by atoms with Crippen LogP contribution in [-0.4, -0.2) is 19.2 Å². The second kappa shape index (κ2) is 16.8. The van der Waals surface area contributed by atoms with Crippen LogP contribution in [0.5, 0.6) is 0 Å². The van der Waals surface area contributed by atoms with Gasteiger partial charge in [0.05, 0.1) is 13.2 Å². The van der Waals surface area contributed by atoms with E-state index in [1.165, 1.54) is 51.4 Å². The first kappa shape index (κ1) is 21.4. The fourth-order valence-electron chi connectivity index (χ4n) is 2.58. The molecule has 0 amide bonds. The van der Waals surface area contributed by atoms with Crippen LogP contribution in [0.3, 0.4) is 0 Å². The largest absolute Gasteiger partial charge is 0.465 e. The van der Waals surface area contributed by atoms with Crippen molar-refractivity contribution in [1.29, 1.82) is 0 Å². The van der Waals surface area contributed by atoms with Gasteiger partial charge in [0.1, 0.15) is 0 Å². The topological polar surface area (TPSA) is 61.5 Å². The molecule has 0 aromatic carbocycles. The number of carbonyl (C=O) groups excluding carboxylic acids is 1. The van der Waals surface area contributed by atoms with Crippen molar-refractivity contribution in [2.75, 3.05) is 13.2 Å². The highest BCUT2D eigenvalue weighted by Crippen LogP contribution is 2.18. The zero-order chi connectivity index (χ0) is 16.5. The van der Waals surface area contributed by atoms with Crippen LogP contribution in [0, 0.1) is 5.92 Å². The van der Waals surface area contributed by atoms with Gasteiger partial charge >= 0.3 is 5.97 Å². The molecule has 0 rings (SSSR count). The molecule has 0 aromatic rings. The van der Waals surface area contributed by atoms with E-state index in [-0.39, 0.29) is 5.97 Å². The maximum atomic E-state index is 11.8. The number of hydrogen-bond acceptors (Lipinski definition) is 4. The lowest BCUT2D eigenvalue weighted by Crippen LogP contribution is -2.14. The average Bonchev–Trinajstić information content (AvgIpc) is 2.53. The third-order valence-electron chi connectivity index (χ3n) is 4.05. The van der Waals surface area contributed by atoms with Gasteiger partial charge in [-0.25, -0.2) is 5.90 Å². The maximum Gasteiger partial charge on any atom is 0.305 e. The number of esters is 1. The second-order valence-electron chi connectivity index (χ2n) is 6.22. The lowest BCUT2D eigenvalue weighted by atomic mass is 9.96. The SMILES string of the molecule is CCCCCCC(CCCC)COC(=O)CCCCCON. The van der Waals surface area contributed by atoms with E-state index in [1.54, 1.807) is 0 Å². The normalized spacial score (nSPS) is 12.3. The van der Waals surface area contributed by atoms with Crippen molar-refractivity contribution in [2.24, 2.45) is 11.8 Å². The van der Waals surface area contributed by atoms with Gasteiger partial charge in [-0.2, -0.15) is 0 Å². The zero-order valence-electron chi connectivity index (χ0n) is 14.8. The van der Waals surface area contributed by atoms with Gasteiger partial charge in [-0.15, -0.1) is 0 Å². The minimum absolute atomic E-state index is 0.0521. The molecule has 0 fully saturated rings. The Bertz CT molecular complexity index is 246. The molecule has 0 aliphatic heterocycles. The van der Waals surface area contributed by atoms with Crippen molar-refractivity contribution in [2.45, 2.75) is 90.9 Å². The molecule has 22 heavy (non-hydrogen) atoms. The molecule has 0 aromatic heterocycles. The third-order valence-corrected chi connectivity index (χ3v) is 4.05. The Balaban J connectivity index is 3.76. The highest BCUT2D eigenvalue weighted by Gasteiger charge is 2.11. The van der Waals surface area contributed by atoms with Gasteiger partial charge in [0.2, 0.25) is 0 Å². The summed E-state index contributed by atoms with van der Waals surface area (Å²) in [5.74, 6) is 5.45.